The number of phosphoric acid groups is 1. The number of esters is 2. The Balaban J connectivity index is 2.45. The number of carbonyl (C=O) groups excluding carboxylic acids is 2. The van der Waals surface area contributed by atoms with E-state index in [0.717, 1.165) is 38.5 Å². The Morgan fingerprint density at radius 3 is 2.02 bits per heavy atom. The molecule has 6 atom stereocenters. The van der Waals surface area contributed by atoms with Gasteiger partial charge in [-0.1, -0.05) is 122 Å². The van der Waals surface area contributed by atoms with Gasteiger partial charge in [-0.15, -0.1) is 0 Å². The van der Waals surface area contributed by atoms with E-state index in [4.69, 9.17) is 19.3 Å². The minimum Gasteiger partial charge on any atom is -0.462 e. The molecule has 1 saturated carbocycles. The Morgan fingerprint density at radius 2 is 1.40 bits per heavy atom. The second kappa shape index (κ2) is 26.3. The number of hydrogen-bond acceptors (Lipinski definition) is 9. The molecule has 0 bridgehead atoms. The highest BCUT2D eigenvalue weighted by Crippen LogP contribution is 2.37. The fourth-order valence-electron chi connectivity index (χ4n) is 5.82. The van der Waals surface area contributed by atoms with E-state index >= 15 is 0 Å². The maximum atomic E-state index is 12.5. The number of aliphatic hydroxyl groups is 3. The standard InChI is InChI=1S/C35H63O11P/c1-3-5-7-8-9-10-11-12-13-14-16-21-34(39)44-26-29(27-45-47(41,42)43)46-35(40)22-18-17-20-30-31(33(38)25-32(30)37)24-23-28(36)19-15-6-4-2/h17-18,23-24,28-33,36-38H,3-16,19-22,25-27H2,1-2H3,(H2,41,42,43)/b18-17-,24-23+/t28-,29-,30+,31-,32+,33-/m1/s1. The minimum absolute atomic E-state index is 0.166. The van der Waals surface area contributed by atoms with Gasteiger partial charge in [0.2, 0.25) is 0 Å². The Labute approximate surface area is 282 Å². The molecule has 0 spiro atoms. The van der Waals surface area contributed by atoms with Crippen molar-refractivity contribution in [3.05, 3.63) is 24.3 Å². The normalized spacial score (nSPS) is 21.4. The minimum atomic E-state index is -4.84. The van der Waals surface area contributed by atoms with Gasteiger partial charge in [-0.3, -0.25) is 14.1 Å². The summed E-state index contributed by atoms with van der Waals surface area (Å²) in [6, 6.07) is 0. The number of carbonyl (C=O) groups is 2. The van der Waals surface area contributed by atoms with Gasteiger partial charge in [-0.2, -0.15) is 0 Å². The van der Waals surface area contributed by atoms with Crippen LogP contribution in [-0.4, -0.2) is 74.7 Å². The molecule has 1 rings (SSSR count). The zero-order valence-electron chi connectivity index (χ0n) is 28.8. The lowest BCUT2D eigenvalue weighted by molar-refractivity contribution is -0.160. The molecule has 0 radical (unpaired) electrons. The molecule has 0 aromatic rings. The van der Waals surface area contributed by atoms with Crippen LogP contribution in [0.3, 0.4) is 0 Å². The average molecular weight is 691 g/mol. The lowest BCUT2D eigenvalue weighted by Crippen LogP contribution is -2.29. The summed E-state index contributed by atoms with van der Waals surface area (Å²) in [7, 11) is -4.84. The van der Waals surface area contributed by atoms with E-state index in [0.29, 0.717) is 19.3 Å². The topological polar surface area (TPSA) is 180 Å². The third-order valence-electron chi connectivity index (χ3n) is 8.58. The molecule has 0 unspecified atom stereocenters. The number of phosphoric ester groups is 1. The van der Waals surface area contributed by atoms with Crippen molar-refractivity contribution in [2.75, 3.05) is 13.2 Å². The van der Waals surface area contributed by atoms with E-state index < -0.39 is 57.4 Å². The fraction of sp³-hybridized carbons (Fsp3) is 0.829. The average Bonchev–Trinajstić information content (AvgIpc) is 3.29. The number of aliphatic hydroxyl groups excluding tert-OH is 3. The third kappa shape index (κ3) is 22.6. The SMILES string of the molecule is CCCCCCCCCCCCCC(=O)OC[C@H](COP(=O)(O)O)OC(=O)C/C=C\C[C@H]1[C@@H](/C=C/[C@H](O)CCCCC)[C@H](O)C[C@@H]1O. The third-order valence-corrected chi connectivity index (χ3v) is 9.06. The second-order valence-corrected chi connectivity index (χ2v) is 14.1. The van der Waals surface area contributed by atoms with Crippen LogP contribution >= 0.6 is 7.82 Å². The Morgan fingerprint density at radius 1 is 0.809 bits per heavy atom. The van der Waals surface area contributed by atoms with Crippen molar-refractivity contribution in [3.8, 4) is 0 Å². The van der Waals surface area contributed by atoms with Crippen molar-refractivity contribution >= 4 is 19.8 Å². The summed E-state index contributed by atoms with van der Waals surface area (Å²) in [4.78, 5) is 42.9. The van der Waals surface area contributed by atoms with Crippen molar-refractivity contribution in [1.29, 1.82) is 0 Å². The summed E-state index contributed by atoms with van der Waals surface area (Å²) >= 11 is 0. The molecular weight excluding hydrogens is 627 g/mol. The maximum absolute atomic E-state index is 12.5. The quantitative estimate of drug-likeness (QED) is 0.0264. The predicted molar refractivity (Wildman–Crippen MR) is 181 cm³/mol. The summed E-state index contributed by atoms with van der Waals surface area (Å²) < 4.78 is 26.2. The van der Waals surface area contributed by atoms with Gasteiger partial charge in [0.15, 0.2) is 6.10 Å². The van der Waals surface area contributed by atoms with Crippen LogP contribution in [0.4, 0.5) is 0 Å². The largest absolute Gasteiger partial charge is 0.469 e. The monoisotopic (exact) mass is 690 g/mol. The van der Waals surface area contributed by atoms with Gasteiger partial charge in [-0.05, 0) is 25.2 Å². The highest BCUT2D eigenvalue weighted by molar-refractivity contribution is 7.46. The number of hydrogen-bond donors (Lipinski definition) is 5. The second-order valence-electron chi connectivity index (χ2n) is 12.8. The Kier molecular flexibility index (Phi) is 24.3. The molecule has 0 amide bonds. The molecule has 1 fully saturated rings. The smallest absolute Gasteiger partial charge is 0.462 e. The van der Waals surface area contributed by atoms with Crippen molar-refractivity contribution in [3.63, 3.8) is 0 Å². The zero-order chi connectivity index (χ0) is 34.9. The summed E-state index contributed by atoms with van der Waals surface area (Å²) in [5, 5.41) is 31.1. The first-order chi connectivity index (χ1) is 22.5. The van der Waals surface area contributed by atoms with E-state index in [2.05, 4.69) is 18.4 Å². The summed E-state index contributed by atoms with van der Waals surface area (Å²) in [6.07, 6.45) is 20.4. The van der Waals surface area contributed by atoms with E-state index in [-0.39, 0.29) is 31.1 Å². The number of allylic oxidation sites excluding steroid dienone is 1. The van der Waals surface area contributed by atoms with Crippen LogP contribution in [0.1, 0.15) is 136 Å². The molecule has 1 aliphatic carbocycles. The molecule has 0 aromatic carbocycles. The van der Waals surface area contributed by atoms with E-state index in [1.807, 2.05) is 0 Å². The first kappa shape index (κ1) is 43.4. The lowest BCUT2D eigenvalue weighted by Gasteiger charge is -2.20. The lowest BCUT2D eigenvalue weighted by atomic mass is 9.89. The Bertz CT molecular complexity index is 934. The van der Waals surface area contributed by atoms with Gasteiger partial charge >= 0.3 is 19.8 Å². The van der Waals surface area contributed by atoms with Crippen molar-refractivity contribution in [2.24, 2.45) is 11.8 Å². The number of ether oxygens (including phenoxy) is 2. The van der Waals surface area contributed by atoms with Crippen LogP contribution in [-0.2, 0) is 28.2 Å². The number of unbranched alkanes of at least 4 members (excludes halogenated alkanes) is 12. The molecule has 0 aliphatic heterocycles. The van der Waals surface area contributed by atoms with Gasteiger partial charge in [0, 0.05) is 18.8 Å². The zero-order valence-corrected chi connectivity index (χ0v) is 29.6. The summed E-state index contributed by atoms with van der Waals surface area (Å²) in [5.41, 5.74) is 0. The van der Waals surface area contributed by atoms with Crippen molar-refractivity contribution in [1.82, 2.24) is 0 Å². The summed E-state index contributed by atoms with van der Waals surface area (Å²) in [5.74, 6) is -1.81. The highest BCUT2D eigenvalue weighted by atomic mass is 31.2. The van der Waals surface area contributed by atoms with Crippen molar-refractivity contribution in [2.45, 2.75) is 160 Å². The van der Waals surface area contributed by atoms with Crippen LogP contribution in [0, 0.1) is 11.8 Å². The molecule has 274 valence electrons. The van der Waals surface area contributed by atoms with E-state index in [1.54, 1.807) is 24.3 Å². The molecule has 47 heavy (non-hydrogen) atoms. The van der Waals surface area contributed by atoms with Gasteiger partial charge in [0.05, 0.1) is 31.3 Å². The van der Waals surface area contributed by atoms with Crippen molar-refractivity contribution < 1.29 is 53.3 Å². The molecule has 0 heterocycles. The van der Waals surface area contributed by atoms with Gasteiger partial charge < -0.3 is 34.6 Å². The predicted octanol–water partition coefficient (Wildman–Crippen LogP) is 6.44. The first-order valence-electron chi connectivity index (χ1n) is 17.9. The molecule has 12 heteroatoms. The molecule has 0 saturated heterocycles. The fourth-order valence-corrected chi connectivity index (χ4v) is 6.18. The van der Waals surface area contributed by atoms with Gasteiger partial charge in [0.25, 0.3) is 0 Å². The van der Waals surface area contributed by atoms with Gasteiger partial charge in [-0.25, -0.2) is 4.57 Å². The Hall–Kier alpha value is -1.59. The highest BCUT2D eigenvalue weighted by Gasteiger charge is 2.39. The maximum Gasteiger partial charge on any atom is 0.469 e. The van der Waals surface area contributed by atoms with E-state index in [1.165, 1.54) is 44.9 Å². The molecule has 5 N–H and O–H groups in total. The summed E-state index contributed by atoms with van der Waals surface area (Å²) in [6.45, 7) is 3.27. The van der Waals surface area contributed by atoms with Crippen LogP contribution in [0.15, 0.2) is 24.3 Å². The van der Waals surface area contributed by atoms with Crippen LogP contribution < -0.4 is 0 Å². The molecule has 0 aromatic heterocycles. The van der Waals surface area contributed by atoms with Crippen LogP contribution in [0.5, 0.6) is 0 Å². The van der Waals surface area contributed by atoms with E-state index in [9.17, 15) is 29.5 Å². The number of rotatable bonds is 28. The molecular formula is C35H63O11P. The molecule has 1 aliphatic rings. The van der Waals surface area contributed by atoms with Crippen LogP contribution in [0.2, 0.25) is 0 Å². The van der Waals surface area contributed by atoms with Crippen LogP contribution in [0.25, 0.3) is 0 Å². The van der Waals surface area contributed by atoms with Gasteiger partial charge in [0.1, 0.15) is 6.61 Å². The molecule has 11 nitrogen and oxygen atoms in total. The first-order valence-corrected chi connectivity index (χ1v) is 19.4.